The Bertz CT molecular complexity index is 449. The number of rotatable bonds is 5. The van der Waals surface area contributed by atoms with Crippen molar-refractivity contribution in [3.8, 4) is 6.07 Å². The van der Waals surface area contributed by atoms with E-state index in [1.807, 2.05) is 18.2 Å². The first-order valence-corrected chi connectivity index (χ1v) is 6.87. The summed E-state index contributed by atoms with van der Waals surface area (Å²) in [6, 6.07) is 7.96. The van der Waals surface area contributed by atoms with Crippen molar-refractivity contribution in [2.45, 2.75) is 20.8 Å². The lowest BCUT2D eigenvalue weighted by molar-refractivity contribution is 0.380. The molecule has 0 aliphatic heterocycles. The van der Waals surface area contributed by atoms with Gasteiger partial charge in [0.1, 0.15) is 0 Å². The van der Waals surface area contributed by atoms with Crippen LogP contribution in [0.25, 0.3) is 0 Å². The fourth-order valence-electron chi connectivity index (χ4n) is 1.79. The summed E-state index contributed by atoms with van der Waals surface area (Å²) in [5.74, 6) is 0. The first-order chi connectivity index (χ1) is 8.41. The minimum Gasteiger partial charge on any atom is -0.371 e. The average Bonchev–Trinajstić information content (AvgIpc) is 2.35. The van der Waals surface area contributed by atoms with Crippen molar-refractivity contribution in [3.63, 3.8) is 0 Å². The Kier molecular flexibility index (Phi) is 5.18. The molecule has 18 heavy (non-hydrogen) atoms. The van der Waals surface area contributed by atoms with Crippen molar-refractivity contribution in [1.29, 1.82) is 5.26 Å². The summed E-state index contributed by atoms with van der Waals surface area (Å²) >= 11 is 3.45. The molecule has 0 saturated carbocycles. The first-order valence-electron chi connectivity index (χ1n) is 6.07. The van der Waals surface area contributed by atoms with Gasteiger partial charge >= 0.3 is 0 Å². The van der Waals surface area contributed by atoms with E-state index < -0.39 is 0 Å². The summed E-state index contributed by atoms with van der Waals surface area (Å²) in [7, 11) is 0. The van der Waals surface area contributed by atoms with Gasteiger partial charge in [-0.3, -0.25) is 0 Å². The minimum absolute atomic E-state index is 0.0606. The zero-order valence-electron chi connectivity index (χ0n) is 11.2. The van der Waals surface area contributed by atoms with Gasteiger partial charge in [-0.2, -0.15) is 5.26 Å². The summed E-state index contributed by atoms with van der Waals surface area (Å²) in [4.78, 5) is 2.25. The number of nitrogens with zero attached hydrogens (tertiary/aromatic N) is 2. The van der Waals surface area contributed by atoms with Crippen molar-refractivity contribution in [2.75, 3.05) is 24.5 Å². The van der Waals surface area contributed by atoms with E-state index >= 15 is 0 Å². The van der Waals surface area contributed by atoms with Gasteiger partial charge in [0.25, 0.3) is 0 Å². The standard InChI is InChI=1S/C14H20BrN3/c1-4-18(10-14(2,3)9-17)13-6-11(8-16)5-12(15)7-13/h5-7H,4,9-10,17H2,1-3H3. The molecule has 0 aromatic heterocycles. The number of benzene rings is 1. The Morgan fingerprint density at radius 2 is 2.06 bits per heavy atom. The van der Waals surface area contributed by atoms with Crippen LogP contribution in [0.2, 0.25) is 0 Å². The number of hydrogen-bond donors (Lipinski definition) is 1. The molecule has 0 radical (unpaired) electrons. The molecule has 0 heterocycles. The van der Waals surface area contributed by atoms with Crippen molar-refractivity contribution < 1.29 is 0 Å². The van der Waals surface area contributed by atoms with Gasteiger partial charge in [0.2, 0.25) is 0 Å². The van der Waals surface area contributed by atoms with E-state index in [4.69, 9.17) is 11.0 Å². The van der Waals surface area contributed by atoms with Crippen molar-refractivity contribution >= 4 is 21.6 Å². The average molecular weight is 310 g/mol. The molecule has 0 unspecified atom stereocenters. The number of halogens is 1. The first kappa shape index (κ1) is 15.0. The molecule has 0 bridgehead atoms. The molecule has 0 fully saturated rings. The SMILES string of the molecule is CCN(CC(C)(C)CN)c1cc(Br)cc(C#N)c1. The van der Waals surface area contributed by atoms with Crippen LogP contribution in [0.5, 0.6) is 0 Å². The van der Waals surface area contributed by atoms with Crippen LogP contribution >= 0.6 is 15.9 Å². The van der Waals surface area contributed by atoms with Crippen molar-refractivity contribution in [1.82, 2.24) is 0 Å². The van der Waals surface area contributed by atoms with Gasteiger partial charge in [-0.1, -0.05) is 29.8 Å². The normalized spacial score (nSPS) is 11.1. The molecule has 1 rings (SSSR count). The van der Waals surface area contributed by atoms with Crippen molar-refractivity contribution in [2.24, 2.45) is 11.1 Å². The highest BCUT2D eigenvalue weighted by molar-refractivity contribution is 9.10. The number of hydrogen-bond acceptors (Lipinski definition) is 3. The lowest BCUT2D eigenvalue weighted by Gasteiger charge is -2.32. The molecule has 98 valence electrons. The second-order valence-corrected chi connectivity index (χ2v) is 6.11. The largest absolute Gasteiger partial charge is 0.371 e. The summed E-state index contributed by atoms with van der Waals surface area (Å²) in [5, 5.41) is 9.01. The van der Waals surface area contributed by atoms with E-state index in [0.717, 1.165) is 23.2 Å². The fourth-order valence-corrected chi connectivity index (χ4v) is 2.27. The van der Waals surface area contributed by atoms with Crippen LogP contribution in [-0.4, -0.2) is 19.6 Å². The van der Waals surface area contributed by atoms with Gasteiger partial charge in [-0.15, -0.1) is 0 Å². The lowest BCUT2D eigenvalue weighted by atomic mass is 9.93. The molecule has 0 aliphatic rings. The predicted molar refractivity (Wildman–Crippen MR) is 79.6 cm³/mol. The van der Waals surface area contributed by atoms with Gasteiger partial charge in [-0.05, 0) is 37.1 Å². The van der Waals surface area contributed by atoms with E-state index in [1.165, 1.54) is 0 Å². The molecule has 1 aromatic rings. The van der Waals surface area contributed by atoms with Crippen LogP contribution in [0.1, 0.15) is 26.3 Å². The molecule has 0 spiro atoms. The van der Waals surface area contributed by atoms with Crippen LogP contribution in [0.15, 0.2) is 22.7 Å². The number of nitrogens with two attached hydrogens (primary N) is 1. The van der Waals surface area contributed by atoms with Gasteiger partial charge in [-0.25, -0.2) is 0 Å². The Morgan fingerprint density at radius 1 is 1.39 bits per heavy atom. The second kappa shape index (κ2) is 6.21. The molecule has 0 atom stereocenters. The minimum atomic E-state index is 0.0606. The predicted octanol–water partition coefficient (Wildman–Crippen LogP) is 3.13. The van der Waals surface area contributed by atoms with Crippen LogP contribution < -0.4 is 10.6 Å². The van der Waals surface area contributed by atoms with E-state index in [1.54, 1.807) is 0 Å². The van der Waals surface area contributed by atoms with Gasteiger partial charge in [0.15, 0.2) is 0 Å². The van der Waals surface area contributed by atoms with Gasteiger partial charge in [0, 0.05) is 23.2 Å². The molecule has 3 nitrogen and oxygen atoms in total. The highest BCUT2D eigenvalue weighted by Gasteiger charge is 2.20. The molecular formula is C14H20BrN3. The third-order valence-electron chi connectivity index (χ3n) is 2.93. The lowest BCUT2D eigenvalue weighted by Crippen LogP contribution is -2.38. The smallest absolute Gasteiger partial charge is 0.0992 e. The zero-order valence-corrected chi connectivity index (χ0v) is 12.8. The summed E-state index contributed by atoms with van der Waals surface area (Å²) in [5.41, 5.74) is 7.58. The monoisotopic (exact) mass is 309 g/mol. The van der Waals surface area contributed by atoms with Crippen LogP contribution in [-0.2, 0) is 0 Å². The maximum atomic E-state index is 9.01. The molecule has 2 N–H and O–H groups in total. The van der Waals surface area contributed by atoms with Gasteiger partial charge in [0.05, 0.1) is 11.6 Å². The molecular weight excluding hydrogens is 290 g/mol. The zero-order chi connectivity index (χ0) is 13.8. The van der Waals surface area contributed by atoms with E-state index in [0.29, 0.717) is 12.1 Å². The maximum absolute atomic E-state index is 9.01. The molecule has 0 amide bonds. The second-order valence-electron chi connectivity index (χ2n) is 5.19. The quantitative estimate of drug-likeness (QED) is 0.909. The number of nitriles is 1. The third kappa shape index (κ3) is 4.01. The fraction of sp³-hybridized carbons (Fsp3) is 0.500. The Balaban J connectivity index is 3.02. The van der Waals surface area contributed by atoms with Crippen LogP contribution in [0.4, 0.5) is 5.69 Å². The molecule has 0 saturated heterocycles. The Hall–Kier alpha value is -1.05. The highest BCUT2D eigenvalue weighted by atomic mass is 79.9. The summed E-state index contributed by atoms with van der Waals surface area (Å²) in [6.07, 6.45) is 0. The van der Waals surface area contributed by atoms with E-state index in [2.05, 4.69) is 47.7 Å². The Labute approximate surface area is 118 Å². The van der Waals surface area contributed by atoms with Crippen molar-refractivity contribution in [3.05, 3.63) is 28.2 Å². The summed E-state index contributed by atoms with van der Waals surface area (Å²) < 4.78 is 0.931. The Morgan fingerprint density at radius 3 is 2.56 bits per heavy atom. The van der Waals surface area contributed by atoms with Gasteiger partial charge < -0.3 is 10.6 Å². The molecule has 1 aromatic carbocycles. The maximum Gasteiger partial charge on any atom is 0.0992 e. The molecule has 0 aliphatic carbocycles. The van der Waals surface area contributed by atoms with Crippen LogP contribution in [0, 0.1) is 16.7 Å². The van der Waals surface area contributed by atoms with E-state index in [-0.39, 0.29) is 5.41 Å². The van der Waals surface area contributed by atoms with Crippen LogP contribution in [0.3, 0.4) is 0 Å². The number of anilines is 1. The third-order valence-corrected chi connectivity index (χ3v) is 3.39. The topological polar surface area (TPSA) is 53.0 Å². The van der Waals surface area contributed by atoms with E-state index in [9.17, 15) is 0 Å². The molecule has 4 heteroatoms. The highest BCUT2D eigenvalue weighted by Crippen LogP contribution is 2.25. The summed E-state index contributed by atoms with van der Waals surface area (Å²) in [6.45, 7) is 8.83.